The van der Waals surface area contributed by atoms with E-state index in [0.717, 1.165) is 0 Å². The highest BCUT2D eigenvalue weighted by molar-refractivity contribution is 7.99. The van der Waals surface area contributed by atoms with Crippen molar-refractivity contribution in [2.45, 2.75) is 63.4 Å². The van der Waals surface area contributed by atoms with Crippen LogP contribution in [0, 0.1) is 13.8 Å². The van der Waals surface area contributed by atoms with Crippen LogP contribution < -0.4 is 9.80 Å². The predicted octanol–water partition coefficient (Wildman–Crippen LogP) is 7.86. The number of hydrogen-bond donors (Lipinski definition) is 0. The van der Waals surface area contributed by atoms with Crippen LogP contribution in [-0.2, 0) is 0 Å². The van der Waals surface area contributed by atoms with E-state index in [1.807, 2.05) is 11.8 Å². The maximum atomic E-state index is 2.50. The third-order valence-corrected chi connectivity index (χ3v) is 6.67. The summed E-state index contributed by atoms with van der Waals surface area (Å²) in [5.41, 5.74) is 7.74. The second-order valence-electron chi connectivity index (χ2n) is 8.40. The lowest BCUT2D eigenvalue weighted by Crippen LogP contribution is -2.37. The van der Waals surface area contributed by atoms with Crippen molar-refractivity contribution in [1.29, 1.82) is 0 Å². The van der Waals surface area contributed by atoms with Crippen molar-refractivity contribution in [2.75, 3.05) is 9.80 Å². The normalized spacial score (nSPS) is 12.9. The van der Waals surface area contributed by atoms with Crippen LogP contribution in [-0.4, -0.2) is 12.1 Å². The maximum Gasteiger partial charge on any atom is 0.0601 e. The van der Waals surface area contributed by atoms with E-state index < -0.39 is 0 Å². The van der Waals surface area contributed by atoms with Crippen molar-refractivity contribution in [1.82, 2.24) is 0 Å². The zero-order valence-corrected chi connectivity index (χ0v) is 19.0. The zero-order valence-electron chi connectivity index (χ0n) is 18.2. The molecule has 0 spiro atoms. The fraction of sp³-hybridized carbons (Fsp3) is 0.308. The molecule has 1 aliphatic rings. The Morgan fingerprint density at radius 3 is 1.62 bits per heavy atom. The lowest BCUT2D eigenvalue weighted by molar-refractivity contribution is 0.608. The molecule has 0 saturated heterocycles. The van der Waals surface area contributed by atoms with Gasteiger partial charge < -0.3 is 9.80 Å². The molecule has 4 rings (SSSR count). The number of anilines is 4. The number of hydrogen-bond acceptors (Lipinski definition) is 3. The number of aryl methyl sites for hydroxylation is 2. The Labute approximate surface area is 179 Å². The van der Waals surface area contributed by atoms with E-state index in [1.54, 1.807) is 0 Å². The van der Waals surface area contributed by atoms with Crippen LogP contribution in [0.3, 0.4) is 0 Å². The van der Waals surface area contributed by atoms with Crippen molar-refractivity contribution in [3.8, 4) is 0 Å². The van der Waals surface area contributed by atoms with E-state index in [-0.39, 0.29) is 0 Å². The minimum Gasteiger partial charge on any atom is -0.367 e. The van der Waals surface area contributed by atoms with E-state index in [0.29, 0.717) is 12.1 Å². The SMILES string of the molecule is Cc1cc(N(C(C)C)C(C)C)cc(C)c1N1c2ccccc2Sc2ccccc21. The minimum atomic E-state index is 0.465. The average Bonchev–Trinajstić information content (AvgIpc) is 2.66. The van der Waals surface area contributed by atoms with E-state index >= 15 is 0 Å². The van der Waals surface area contributed by atoms with Crippen molar-refractivity contribution in [2.24, 2.45) is 0 Å². The second kappa shape index (κ2) is 7.79. The van der Waals surface area contributed by atoms with Crippen LogP contribution in [0.1, 0.15) is 38.8 Å². The lowest BCUT2D eigenvalue weighted by Gasteiger charge is -2.37. The number of rotatable bonds is 4. The van der Waals surface area contributed by atoms with Gasteiger partial charge in [-0.2, -0.15) is 0 Å². The highest BCUT2D eigenvalue weighted by atomic mass is 32.2. The molecule has 0 radical (unpaired) electrons. The summed E-state index contributed by atoms with van der Waals surface area (Å²) in [7, 11) is 0. The van der Waals surface area contributed by atoms with Gasteiger partial charge in [-0.1, -0.05) is 36.0 Å². The third kappa shape index (κ3) is 3.53. The molecule has 3 heteroatoms. The summed E-state index contributed by atoms with van der Waals surface area (Å²) >= 11 is 1.86. The third-order valence-electron chi connectivity index (χ3n) is 5.54. The first-order valence-corrected chi connectivity index (χ1v) is 11.3. The molecule has 0 unspecified atom stereocenters. The number of para-hydroxylation sites is 2. The predicted molar refractivity (Wildman–Crippen MR) is 127 cm³/mol. The standard InChI is InChI=1S/C26H30N2S/c1-17(2)27(18(3)4)21-15-19(5)26(20(6)16-21)28-22-11-7-9-13-24(22)29-25-14-10-8-12-23(25)28/h7-18H,1-6H3. The molecule has 0 aliphatic carbocycles. The van der Waals surface area contributed by atoms with Gasteiger partial charge >= 0.3 is 0 Å². The summed E-state index contributed by atoms with van der Waals surface area (Å²) in [5, 5.41) is 0. The van der Waals surface area contributed by atoms with Crippen LogP contribution in [0.2, 0.25) is 0 Å². The second-order valence-corrected chi connectivity index (χ2v) is 9.48. The lowest BCUT2D eigenvalue weighted by atomic mass is 10.0. The molecule has 0 fully saturated rings. The van der Waals surface area contributed by atoms with Crippen molar-refractivity contribution < 1.29 is 0 Å². The van der Waals surface area contributed by atoms with Gasteiger partial charge in [0.15, 0.2) is 0 Å². The summed E-state index contributed by atoms with van der Waals surface area (Å²) < 4.78 is 0. The largest absolute Gasteiger partial charge is 0.367 e. The summed E-state index contributed by atoms with van der Waals surface area (Å²) in [6.07, 6.45) is 0. The molecule has 3 aromatic carbocycles. The van der Waals surface area contributed by atoms with Gasteiger partial charge in [0, 0.05) is 27.6 Å². The van der Waals surface area contributed by atoms with Gasteiger partial charge in [0.1, 0.15) is 0 Å². The summed E-state index contributed by atoms with van der Waals surface area (Å²) in [5.74, 6) is 0. The first-order chi connectivity index (χ1) is 13.9. The fourth-order valence-electron chi connectivity index (χ4n) is 4.57. The van der Waals surface area contributed by atoms with Gasteiger partial charge in [-0.3, -0.25) is 0 Å². The highest BCUT2D eigenvalue weighted by Gasteiger charge is 2.27. The molecule has 0 N–H and O–H groups in total. The van der Waals surface area contributed by atoms with Gasteiger partial charge in [0.25, 0.3) is 0 Å². The van der Waals surface area contributed by atoms with Crippen LogP contribution in [0.5, 0.6) is 0 Å². The van der Waals surface area contributed by atoms with E-state index in [4.69, 9.17) is 0 Å². The molecular weight excluding hydrogens is 372 g/mol. The van der Waals surface area contributed by atoms with Crippen molar-refractivity contribution in [3.05, 3.63) is 71.8 Å². The molecule has 0 bridgehead atoms. The van der Waals surface area contributed by atoms with Crippen LogP contribution in [0.4, 0.5) is 22.7 Å². The molecule has 1 heterocycles. The van der Waals surface area contributed by atoms with Gasteiger partial charge in [-0.15, -0.1) is 0 Å². The number of benzene rings is 3. The quantitative estimate of drug-likeness (QED) is 0.343. The molecule has 1 aliphatic heterocycles. The van der Waals surface area contributed by atoms with Crippen LogP contribution in [0.25, 0.3) is 0 Å². The first-order valence-electron chi connectivity index (χ1n) is 10.4. The molecule has 0 atom stereocenters. The summed E-state index contributed by atoms with van der Waals surface area (Å²) in [6.45, 7) is 13.6. The summed E-state index contributed by atoms with van der Waals surface area (Å²) in [6, 6.07) is 23.1. The van der Waals surface area contributed by atoms with E-state index in [9.17, 15) is 0 Å². The molecule has 150 valence electrons. The average molecular weight is 403 g/mol. The summed E-state index contributed by atoms with van der Waals surface area (Å²) in [4.78, 5) is 7.56. The monoisotopic (exact) mass is 402 g/mol. The molecule has 0 amide bonds. The Morgan fingerprint density at radius 1 is 0.724 bits per heavy atom. The molecule has 29 heavy (non-hydrogen) atoms. The maximum absolute atomic E-state index is 2.50. The minimum absolute atomic E-state index is 0.465. The van der Waals surface area contributed by atoms with Crippen molar-refractivity contribution >= 4 is 34.5 Å². The van der Waals surface area contributed by atoms with Gasteiger partial charge in [0.2, 0.25) is 0 Å². The Morgan fingerprint density at radius 2 is 1.17 bits per heavy atom. The van der Waals surface area contributed by atoms with Gasteiger partial charge in [0.05, 0.1) is 17.1 Å². The Hall–Kier alpha value is -2.39. The Kier molecular flexibility index (Phi) is 5.35. The first kappa shape index (κ1) is 19.9. The number of nitrogens with zero attached hydrogens (tertiary/aromatic N) is 2. The van der Waals surface area contributed by atoms with Gasteiger partial charge in [-0.25, -0.2) is 0 Å². The van der Waals surface area contributed by atoms with Crippen molar-refractivity contribution in [3.63, 3.8) is 0 Å². The Balaban J connectivity index is 1.90. The van der Waals surface area contributed by atoms with E-state index in [2.05, 4.69) is 112 Å². The number of fused-ring (bicyclic) bond motifs is 2. The molecule has 0 saturated carbocycles. The topological polar surface area (TPSA) is 6.48 Å². The van der Waals surface area contributed by atoms with Gasteiger partial charge in [-0.05, 0) is 89.1 Å². The van der Waals surface area contributed by atoms with E-state index in [1.165, 1.54) is 43.7 Å². The zero-order chi connectivity index (χ0) is 20.7. The highest BCUT2D eigenvalue weighted by Crippen LogP contribution is 2.52. The smallest absolute Gasteiger partial charge is 0.0601 e. The molecular formula is C26H30N2S. The fourth-order valence-corrected chi connectivity index (χ4v) is 5.63. The Bertz CT molecular complexity index is 962. The van der Waals surface area contributed by atoms with Crippen LogP contribution in [0.15, 0.2) is 70.5 Å². The van der Waals surface area contributed by atoms with Crippen LogP contribution >= 0.6 is 11.8 Å². The molecule has 3 aromatic rings. The molecule has 0 aromatic heterocycles. The molecule has 2 nitrogen and oxygen atoms in total.